The van der Waals surface area contributed by atoms with Crippen LogP contribution in [0.5, 0.6) is 0 Å². The van der Waals surface area contributed by atoms with Crippen LogP contribution in [0.3, 0.4) is 0 Å². The van der Waals surface area contributed by atoms with E-state index in [1.54, 1.807) is 18.3 Å². The van der Waals surface area contributed by atoms with E-state index in [1.807, 2.05) is 18.2 Å². The Kier molecular flexibility index (Phi) is 4.86. The summed E-state index contributed by atoms with van der Waals surface area (Å²) in [4.78, 5) is 6.39. The van der Waals surface area contributed by atoms with Gasteiger partial charge in [-0.2, -0.15) is 0 Å². The van der Waals surface area contributed by atoms with E-state index in [1.165, 1.54) is 0 Å². The molecule has 1 aromatic heterocycles. The molecule has 0 aliphatic carbocycles. The molecule has 0 spiro atoms. The number of aromatic nitrogens is 1. The number of anilines is 4. The lowest BCUT2D eigenvalue weighted by Gasteiger charge is -2.30. The number of sulfonamides is 1. The number of hydrogen-bond donors (Lipinski definition) is 2. The molecule has 1 aromatic carbocycles. The second kappa shape index (κ2) is 7.06. The number of morpholine rings is 1. The van der Waals surface area contributed by atoms with Gasteiger partial charge in [0.2, 0.25) is 10.0 Å². The zero-order valence-electron chi connectivity index (χ0n) is 13.4. The highest BCUT2D eigenvalue weighted by atomic mass is 32.2. The maximum Gasteiger partial charge on any atom is 0.230 e. The fourth-order valence-electron chi connectivity index (χ4n) is 2.53. The molecular weight excluding hydrogens is 328 g/mol. The number of nitrogens with one attached hydrogen (secondary N) is 2. The van der Waals surface area contributed by atoms with E-state index in [0.29, 0.717) is 5.82 Å². The highest BCUT2D eigenvalue weighted by molar-refractivity contribution is 7.92. The van der Waals surface area contributed by atoms with Crippen LogP contribution in [-0.2, 0) is 14.8 Å². The average molecular weight is 348 g/mol. The second-order valence-corrected chi connectivity index (χ2v) is 7.30. The van der Waals surface area contributed by atoms with Gasteiger partial charge >= 0.3 is 0 Å². The highest BCUT2D eigenvalue weighted by Gasteiger charge is 2.14. The lowest BCUT2D eigenvalue weighted by molar-refractivity contribution is 0.123. The van der Waals surface area contributed by atoms with E-state index in [2.05, 4.69) is 26.0 Å². The van der Waals surface area contributed by atoms with Gasteiger partial charge in [0.25, 0.3) is 0 Å². The standard InChI is InChI=1S/C16H20N4O3S/c1-24(21,22)19-16-7-6-13(12-17-16)18-14-4-2-3-5-15(14)20-8-10-23-11-9-20/h2-7,12,18H,8-11H2,1H3,(H,17,19). The summed E-state index contributed by atoms with van der Waals surface area (Å²) in [6.07, 6.45) is 2.70. The summed E-state index contributed by atoms with van der Waals surface area (Å²) in [5.41, 5.74) is 2.87. The molecular formula is C16H20N4O3S. The Labute approximate surface area is 141 Å². The van der Waals surface area contributed by atoms with Crippen LogP contribution in [0.15, 0.2) is 42.6 Å². The summed E-state index contributed by atoms with van der Waals surface area (Å²) in [6, 6.07) is 11.5. The molecule has 0 radical (unpaired) electrons. The number of rotatable bonds is 5. The maximum atomic E-state index is 11.2. The van der Waals surface area contributed by atoms with Crippen molar-refractivity contribution in [3.05, 3.63) is 42.6 Å². The summed E-state index contributed by atoms with van der Waals surface area (Å²) in [7, 11) is -3.32. The van der Waals surface area contributed by atoms with Crippen LogP contribution in [-0.4, -0.2) is 46.0 Å². The van der Waals surface area contributed by atoms with E-state index >= 15 is 0 Å². The van der Waals surface area contributed by atoms with Crippen molar-refractivity contribution in [2.45, 2.75) is 0 Å². The van der Waals surface area contributed by atoms with Gasteiger partial charge in [0, 0.05) is 13.1 Å². The Morgan fingerprint density at radius 1 is 1.12 bits per heavy atom. The van der Waals surface area contributed by atoms with E-state index in [9.17, 15) is 8.42 Å². The molecule has 2 heterocycles. The molecule has 1 fully saturated rings. The minimum Gasteiger partial charge on any atom is -0.378 e. The molecule has 128 valence electrons. The van der Waals surface area contributed by atoms with Crippen LogP contribution in [0.2, 0.25) is 0 Å². The Morgan fingerprint density at radius 3 is 2.54 bits per heavy atom. The summed E-state index contributed by atoms with van der Waals surface area (Å²) in [5.74, 6) is 0.296. The second-order valence-electron chi connectivity index (χ2n) is 5.55. The Morgan fingerprint density at radius 2 is 1.88 bits per heavy atom. The third-order valence-corrected chi connectivity index (χ3v) is 4.17. The van der Waals surface area contributed by atoms with E-state index in [-0.39, 0.29) is 0 Å². The molecule has 0 unspecified atom stereocenters. The van der Waals surface area contributed by atoms with Crippen LogP contribution in [0.1, 0.15) is 0 Å². The fraction of sp³-hybridized carbons (Fsp3) is 0.312. The lowest BCUT2D eigenvalue weighted by Crippen LogP contribution is -2.36. The molecule has 2 N–H and O–H groups in total. The summed E-state index contributed by atoms with van der Waals surface area (Å²) < 4.78 is 30.2. The average Bonchev–Trinajstić information content (AvgIpc) is 2.57. The van der Waals surface area contributed by atoms with Gasteiger partial charge in [-0.1, -0.05) is 12.1 Å². The van der Waals surface area contributed by atoms with Gasteiger partial charge in [0.15, 0.2) is 0 Å². The monoisotopic (exact) mass is 348 g/mol. The molecule has 1 aliphatic heterocycles. The number of pyridine rings is 1. The largest absolute Gasteiger partial charge is 0.378 e. The van der Waals surface area contributed by atoms with Gasteiger partial charge in [0.05, 0.1) is 42.7 Å². The van der Waals surface area contributed by atoms with Crippen molar-refractivity contribution in [1.29, 1.82) is 0 Å². The fourth-order valence-corrected chi connectivity index (χ4v) is 3.03. The Balaban J connectivity index is 1.76. The van der Waals surface area contributed by atoms with Gasteiger partial charge in [-0.05, 0) is 24.3 Å². The van der Waals surface area contributed by atoms with Crippen molar-refractivity contribution in [3.8, 4) is 0 Å². The van der Waals surface area contributed by atoms with Crippen molar-refractivity contribution in [2.24, 2.45) is 0 Å². The van der Waals surface area contributed by atoms with Crippen LogP contribution in [0, 0.1) is 0 Å². The summed E-state index contributed by atoms with van der Waals surface area (Å²) in [5, 5.41) is 3.34. The number of para-hydroxylation sites is 2. The first-order chi connectivity index (χ1) is 11.5. The molecule has 0 atom stereocenters. The van der Waals surface area contributed by atoms with Crippen molar-refractivity contribution in [3.63, 3.8) is 0 Å². The molecule has 2 aromatic rings. The van der Waals surface area contributed by atoms with Gasteiger partial charge in [-0.3, -0.25) is 4.72 Å². The van der Waals surface area contributed by atoms with Crippen LogP contribution in [0.4, 0.5) is 22.9 Å². The predicted octanol–water partition coefficient (Wildman–Crippen LogP) is 2.03. The van der Waals surface area contributed by atoms with Crippen molar-refractivity contribution < 1.29 is 13.2 Å². The normalized spacial score (nSPS) is 15.1. The third-order valence-electron chi connectivity index (χ3n) is 3.59. The number of benzene rings is 1. The van der Waals surface area contributed by atoms with Crippen molar-refractivity contribution in [1.82, 2.24) is 4.98 Å². The first kappa shape index (κ1) is 16.5. The SMILES string of the molecule is CS(=O)(=O)Nc1ccc(Nc2ccccc2N2CCOCC2)cn1. The first-order valence-corrected chi connectivity index (χ1v) is 9.53. The molecule has 0 saturated carbocycles. The molecule has 3 rings (SSSR count). The zero-order chi connectivity index (χ0) is 17.0. The van der Waals surface area contributed by atoms with E-state index < -0.39 is 10.0 Å². The Bertz CT molecular complexity index is 787. The highest BCUT2D eigenvalue weighted by Crippen LogP contribution is 2.29. The van der Waals surface area contributed by atoms with Gasteiger partial charge in [-0.25, -0.2) is 13.4 Å². The van der Waals surface area contributed by atoms with Crippen LogP contribution >= 0.6 is 0 Å². The maximum absolute atomic E-state index is 11.2. The zero-order valence-corrected chi connectivity index (χ0v) is 14.2. The van der Waals surface area contributed by atoms with Gasteiger partial charge in [-0.15, -0.1) is 0 Å². The lowest BCUT2D eigenvalue weighted by atomic mass is 10.2. The van der Waals surface area contributed by atoms with Crippen molar-refractivity contribution >= 4 is 32.9 Å². The molecule has 24 heavy (non-hydrogen) atoms. The molecule has 7 nitrogen and oxygen atoms in total. The molecule has 0 amide bonds. The molecule has 1 aliphatic rings. The van der Waals surface area contributed by atoms with E-state index in [0.717, 1.165) is 49.6 Å². The summed E-state index contributed by atoms with van der Waals surface area (Å²) >= 11 is 0. The van der Waals surface area contributed by atoms with Gasteiger partial charge in [0.1, 0.15) is 5.82 Å². The third kappa shape index (κ3) is 4.36. The smallest absolute Gasteiger partial charge is 0.230 e. The molecule has 8 heteroatoms. The molecule has 0 bridgehead atoms. The molecule has 1 saturated heterocycles. The predicted molar refractivity (Wildman–Crippen MR) is 95.5 cm³/mol. The number of nitrogens with zero attached hydrogens (tertiary/aromatic N) is 2. The van der Waals surface area contributed by atoms with E-state index in [4.69, 9.17) is 4.74 Å². The van der Waals surface area contributed by atoms with Gasteiger partial charge < -0.3 is 15.0 Å². The van der Waals surface area contributed by atoms with Crippen LogP contribution < -0.4 is 14.9 Å². The van der Waals surface area contributed by atoms with Crippen molar-refractivity contribution in [2.75, 3.05) is 47.5 Å². The topological polar surface area (TPSA) is 83.6 Å². The minimum atomic E-state index is -3.32. The van der Waals surface area contributed by atoms with Crippen LogP contribution in [0.25, 0.3) is 0 Å². The number of hydrogen-bond acceptors (Lipinski definition) is 6. The first-order valence-electron chi connectivity index (χ1n) is 7.64. The summed E-state index contributed by atoms with van der Waals surface area (Å²) in [6.45, 7) is 3.16. The quantitative estimate of drug-likeness (QED) is 0.860. The Hall–Kier alpha value is -2.32. The number of ether oxygens (including phenoxy) is 1. The minimum absolute atomic E-state index is 0.296.